The lowest BCUT2D eigenvalue weighted by atomic mass is 10.1. The largest absolute Gasteiger partial charge is 0.451 e. The molecule has 22 heavy (non-hydrogen) atoms. The molecule has 0 atom stereocenters. The summed E-state index contributed by atoms with van der Waals surface area (Å²) in [6, 6.07) is 10.6. The van der Waals surface area contributed by atoms with Gasteiger partial charge in [-0.25, -0.2) is 0 Å². The van der Waals surface area contributed by atoms with E-state index < -0.39 is 0 Å². The zero-order valence-corrected chi connectivity index (χ0v) is 13.1. The van der Waals surface area contributed by atoms with E-state index in [0.29, 0.717) is 23.6 Å². The Bertz CT molecular complexity index is 659. The van der Waals surface area contributed by atoms with Crippen molar-refractivity contribution >= 4 is 11.7 Å². The highest BCUT2D eigenvalue weighted by Gasteiger charge is 2.16. The predicted octanol–water partition coefficient (Wildman–Crippen LogP) is 2.44. The molecule has 1 aromatic heterocycles. The number of nitrogens with zero attached hydrogens (tertiary/aromatic N) is 1. The average molecular weight is 300 g/mol. The first-order valence-electron chi connectivity index (χ1n) is 7.14. The molecule has 0 radical (unpaired) electrons. The van der Waals surface area contributed by atoms with Gasteiger partial charge in [0.15, 0.2) is 11.5 Å². The van der Waals surface area contributed by atoms with Crippen LogP contribution in [0.5, 0.6) is 0 Å². The Morgan fingerprint density at radius 3 is 2.41 bits per heavy atom. The van der Waals surface area contributed by atoms with Gasteiger partial charge in [-0.1, -0.05) is 24.3 Å². The molecule has 116 valence electrons. The number of furan rings is 1. The maximum Gasteiger partial charge on any atom is 0.289 e. The standard InChI is InChI=1S/C17H20N2O3/c1-12(20)13-4-6-14(7-5-13)15-8-9-16(22-15)17(21)19(3)11-10-18-2/h4-9,18H,10-11H2,1-3H3. The molecule has 0 spiro atoms. The molecule has 2 rings (SSSR count). The number of amides is 1. The van der Waals surface area contributed by atoms with E-state index in [9.17, 15) is 9.59 Å². The molecule has 1 N–H and O–H groups in total. The summed E-state index contributed by atoms with van der Waals surface area (Å²) < 4.78 is 5.64. The molecule has 5 heteroatoms. The number of rotatable bonds is 6. The lowest BCUT2D eigenvalue weighted by molar-refractivity contribution is 0.0766. The first-order chi connectivity index (χ1) is 10.5. The molecule has 0 fully saturated rings. The van der Waals surface area contributed by atoms with E-state index in [1.807, 2.05) is 19.2 Å². The molecule has 1 heterocycles. The first-order valence-corrected chi connectivity index (χ1v) is 7.14. The quantitative estimate of drug-likeness (QED) is 0.832. The van der Waals surface area contributed by atoms with Crippen LogP contribution in [0.4, 0.5) is 0 Å². The van der Waals surface area contributed by atoms with Crippen LogP contribution in [0.25, 0.3) is 11.3 Å². The van der Waals surface area contributed by atoms with Crippen molar-refractivity contribution in [2.45, 2.75) is 6.92 Å². The number of Topliss-reactive ketones (excluding diaryl/α,β-unsaturated/α-hetero) is 1. The second kappa shape index (κ2) is 7.04. The fourth-order valence-electron chi connectivity index (χ4n) is 2.05. The van der Waals surface area contributed by atoms with Gasteiger partial charge in [0.2, 0.25) is 0 Å². The van der Waals surface area contributed by atoms with E-state index in [0.717, 1.165) is 12.1 Å². The van der Waals surface area contributed by atoms with Crippen LogP contribution in [-0.4, -0.2) is 43.8 Å². The molecule has 0 bridgehead atoms. The lowest BCUT2D eigenvalue weighted by Gasteiger charge is -2.14. The molecular formula is C17H20N2O3. The molecule has 0 aliphatic heterocycles. The highest BCUT2D eigenvalue weighted by molar-refractivity contribution is 5.94. The van der Waals surface area contributed by atoms with Gasteiger partial charge in [-0.15, -0.1) is 0 Å². The van der Waals surface area contributed by atoms with Crippen molar-refractivity contribution in [3.05, 3.63) is 47.7 Å². The minimum atomic E-state index is -0.151. The minimum absolute atomic E-state index is 0.0213. The van der Waals surface area contributed by atoms with E-state index in [1.54, 1.807) is 36.2 Å². The van der Waals surface area contributed by atoms with E-state index in [2.05, 4.69) is 5.32 Å². The lowest BCUT2D eigenvalue weighted by Crippen LogP contribution is -2.32. The normalized spacial score (nSPS) is 10.5. The van der Waals surface area contributed by atoms with Gasteiger partial charge in [-0.05, 0) is 26.1 Å². The molecule has 2 aromatic rings. The number of nitrogens with one attached hydrogen (secondary N) is 1. The van der Waals surface area contributed by atoms with Gasteiger partial charge in [0.1, 0.15) is 5.76 Å². The van der Waals surface area contributed by atoms with E-state index in [1.165, 1.54) is 6.92 Å². The summed E-state index contributed by atoms with van der Waals surface area (Å²) in [6.07, 6.45) is 0. The smallest absolute Gasteiger partial charge is 0.289 e. The summed E-state index contributed by atoms with van der Waals surface area (Å²) in [5, 5.41) is 3.00. The third-order valence-electron chi connectivity index (χ3n) is 3.44. The van der Waals surface area contributed by atoms with Crippen molar-refractivity contribution in [3.63, 3.8) is 0 Å². The SMILES string of the molecule is CNCCN(C)C(=O)c1ccc(-c2ccc(C(C)=O)cc2)o1. The van der Waals surface area contributed by atoms with Gasteiger partial charge in [-0.3, -0.25) is 9.59 Å². The third kappa shape index (κ3) is 3.62. The molecule has 0 aliphatic carbocycles. The van der Waals surface area contributed by atoms with Gasteiger partial charge in [-0.2, -0.15) is 0 Å². The van der Waals surface area contributed by atoms with Crippen LogP contribution in [-0.2, 0) is 0 Å². The molecule has 1 amide bonds. The summed E-state index contributed by atoms with van der Waals surface area (Å²) in [5.41, 5.74) is 1.49. The summed E-state index contributed by atoms with van der Waals surface area (Å²) >= 11 is 0. The van der Waals surface area contributed by atoms with Crippen LogP contribution in [0.2, 0.25) is 0 Å². The number of hydrogen-bond acceptors (Lipinski definition) is 4. The summed E-state index contributed by atoms with van der Waals surface area (Å²) in [4.78, 5) is 25.1. The molecule has 0 saturated carbocycles. The zero-order valence-electron chi connectivity index (χ0n) is 13.1. The van der Waals surface area contributed by atoms with Crippen LogP contribution < -0.4 is 5.32 Å². The Labute approximate surface area is 129 Å². The van der Waals surface area contributed by atoms with E-state index in [-0.39, 0.29) is 11.7 Å². The predicted molar refractivity (Wildman–Crippen MR) is 85.0 cm³/mol. The number of carbonyl (C=O) groups is 2. The van der Waals surface area contributed by atoms with Crippen molar-refractivity contribution in [2.75, 3.05) is 27.2 Å². The molecular weight excluding hydrogens is 280 g/mol. The Morgan fingerprint density at radius 2 is 1.82 bits per heavy atom. The molecule has 5 nitrogen and oxygen atoms in total. The molecule has 0 aliphatic rings. The number of hydrogen-bond donors (Lipinski definition) is 1. The Morgan fingerprint density at radius 1 is 1.14 bits per heavy atom. The van der Waals surface area contributed by atoms with Crippen LogP contribution in [0.3, 0.4) is 0 Å². The van der Waals surface area contributed by atoms with Gasteiger partial charge in [0, 0.05) is 31.3 Å². The second-order valence-corrected chi connectivity index (χ2v) is 5.13. The zero-order chi connectivity index (χ0) is 16.1. The molecule has 0 unspecified atom stereocenters. The van der Waals surface area contributed by atoms with Crippen LogP contribution in [0.1, 0.15) is 27.8 Å². The molecule has 1 aromatic carbocycles. The minimum Gasteiger partial charge on any atom is -0.451 e. The van der Waals surface area contributed by atoms with E-state index in [4.69, 9.17) is 4.42 Å². The average Bonchev–Trinajstić information content (AvgIpc) is 3.01. The van der Waals surface area contributed by atoms with Gasteiger partial charge in [0.05, 0.1) is 0 Å². The van der Waals surface area contributed by atoms with Crippen molar-refractivity contribution < 1.29 is 14.0 Å². The summed E-state index contributed by atoms with van der Waals surface area (Å²) in [5.74, 6) is 0.791. The summed E-state index contributed by atoms with van der Waals surface area (Å²) in [6.45, 7) is 2.86. The highest BCUT2D eigenvalue weighted by atomic mass is 16.4. The topological polar surface area (TPSA) is 62.6 Å². The maximum atomic E-state index is 12.2. The van der Waals surface area contributed by atoms with Crippen LogP contribution in [0.15, 0.2) is 40.8 Å². The van der Waals surface area contributed by atoms with Crippen LogP contribution in [0, 0.1) is 0 Å². The van der Waals surface area contributed by atoms with Gasteiger partial charge < -0.3 is 14.6 Å². The van der Waals surface area contributed by atoms with Gasteiger partial charge >= 0.3 is 0 Å². The Kier molecular flexibility index (Phi) is 5.12. The fourth-order valence-corrected chi connectivity index (χ4v) is 2.05. The monoisotopic (exact) mass is 300 g/mol. The summed E-state index contributed by atoms with van der Waals surface area (Å²) in [7, 11) is 3.58. The van der Waals surface area contributed by atoms with Crippen molar-refractivity contribution in [1.82, 2.24) is 10.2 Å². The number of carbonyl (C=O) groups excluding carboxylic acids is 2. The third-order valence-corrected chi connectivity index (χ3v) is 3.44. The number of likely N-dealkylation sites (N-methyl/N-ethyl adjacent to an activating group) is 2. The maximum absolute atomic E-state index is 12.2. The van der Waals surface area contributed by atoms with Crippen molar-refractivity contribution in [3.8, 4) is 11.3 Å². The molecule has 0 saturated heterocycles. The van der Waals surface area contributed by atoms with E-state index >= 15 is 0 Å². The second-order valence-electron chi connectivity index (χ2n) is 5.13. The number of benzene rings is 1. The Balaban J connectivity index is 2.13. The first kappa shape index (κ1) is 16.0. The fraction of sp³-hybridized carbons (Fsp3) is 0.294. The Hall–Kier alpha value is -2.40. The van der Waals surface area contributed by atoms with Crippen molar-refractivity contribution in [1.29, 1.82) is 0 Å². The van der Waals surface area contributed by atoms with Crippen LogP contribution >= 0.6 is 0 Å². The van der Waals surface area contributed by atoms with Gasteiger partial charge in [0.25, 0.3) is 5.91 Å². The van der Waals surface area contributed by atoms with Crippen molar-refractivity contribution in [2.24, 2.45) is 0 Å². The number of ketones is 1. The highest BCUT2D eigenvalue weighted by Crippen LogP contribution is 2.23.